The van der Waals surface area contributed by atoms with Crippen LogP contribution in [0.3, 0.4) is 0 Å². The van der Waals surface area contributed by atoms with Crippen LogP contribution in [-0.2, 0) is 6.54 Å². The monoisotopic (exact) mass is 259 g/mol. The molecule has 0 unspecified atom stereocenters. The van der Waals surface area contributed by atoms with Crippen molar-refractivity contribution < 1.29 is 0 Å². The summed E-state index contributed by atoms with van der Waals surface area (Å²) < 4.78 is 0. The van der Waals surface area contributed by atoms with Gasteiger partial charge in [-0.15, -0.1) is 0 Å². The molecule has 2 saturated carbocycles. The van der Waals surface area contributed by atoms with E-state index >= 15 is 0 Å². The van der Waals surface area contributed by atoms with E-state index in [4.69, 9.17) is 0 Å². The molecule has 19 heavy (non-hydrogen) atoms. The quantitative estimate of drug-likeness (QED) is 0.816. The van der Waals surface area contributed by atoms with Crippen molar-refractivity contribution in [3.63, 3.8) is 0 Å². The van der Waals surface area contributed by atoms with Gasteiger partial charge in [0.15, 0.2) is 0 Å². The van der Waals surface area contributed by atoms with Gasteiger partial charge in [0.2, 0.25) is 0 Å². The van der Waals surface area contributed by atoms with Gasteiger partial charge in [0.25, 0.3) is 0 Å². The second-order valence-electron chi connectivity index (χ2n) is 6.45. The van der Waals surface area contributed by atoms with Gasteiger partial charge < -0.3 is 10.2 Å². The molecule has 3 rings (SSSR count). The minimum atomic E-state index is 0.690. The zero-order valence-electron chi connectivity index (χ0n) is 12.1. The molecule has 1 aromatic rings. The molecule has 2 aliphatic carbocycles. The molecular weight excluding hydrogens is 234 g/mol. The molecule has 3 nitrogen and oxygen atoms in total. The van der Waals surface area contributed by atoms with Gasteiger partial charge >= 0.3 is 0 Å². The highest BCUT2D eigenvalue weighted by molar-refractivity contribution is 5.43. The van der Waals surface area contributed by atoms with Crippen LogP contribution in [0, 0.1) is 5.92 Å². The lowest BCUT2D eigenvalue weighted by molar-refractivity contribution is 0.602. The number of anilines is 1. The predicted octanol–water partition coefficient (Wildman–Crippen LogP) is 2.96. The first-order valence-corrected chi connectivity index (χ1v) is 7.67. The summed E-state index contributed by atoms with van der Waals surface area (Å²) in [6, 6.07) is 5.92. The number of hydrogen-bond donors (Lipinski definition) is 1. The molecule has 0 bridgehead atoms. The molecule has 0 radical (unpaired) electrons. The molecular formula is C16H25N3. The van der Waals surface area contributed by atoms with Crippen LogP contribution in [0.4, 0.5) is 5.82 Å². The molecule has 2 aliphatic rings. The summed E-state index contributed by atoms with van der Waals surface area (Å²) in [6.07, 6.45) is 7.33. The number of pyridine rings is 1. The maximum Gasteiger partial charge on any atom is 0.129 e. The van der Waals surface area contributed by atoms with Crippen molar-refractivity contribution in [1.29, 1.82) is 0 Å². The fourth-order valence-electron chi connectivity index (χ4n) is 2.49. The van der Waals surface area contributed by atoms with Gasteiger partial charge in [-0.2, -0.15) is 0 Å². The van der Waals surface area contributed by atoms with Crippen LogP contribution in [0.5, 0.6) is 0 Å². The normalized spacial score (nSPS) is 18.9. The van der Waals surface area contributed by atoms with E-state index in [-0.39, 0.29) is 0 Å². The number of rotatable bonds is 7. The summed E-state index contributed by atoms with van der Waals surface area (Å²) in [5, 5.41) is 3.58. The molecule has 0 amide bonds. The van der Waals surface area contributed by atoms with Gasteiger partial charge in [0, 0.05) is 31.4 Å². The van der Waals surface area contributed by atoms with Crippen LogP contribution in [-0.4, -0.2) is 23.6 Å². The lowest BCUT2D eigenvalue weighted by Crippen LogP contribution is -2.30. The van der Waals surface area contributed by atoms with Crippen LogP contribution in [0.2, 0.25) is 0 Å². The lowest BCUT2D eigenvalue weighted by Gasteiger charge is -2.26. The predicted molar refractivity (Wildman–Crippen MR) is 79.3 cm³/mol. The number of aromatic nitrogens is 1. The molecule has 104 valence electrons. The fraction of sp³-hybridized carbons (Fsp3) is 0.688. The summed E-state index contributed by atoms with van der Waals surface area (Å²) in [7, 11) is 0. The zero-order chi connectivity index (χ0) is 13.2. The first-order chi connectivity index (χ1) is 9.22. The second kappa shape index (κ2) is 5.49. The van der Waals surface area contributed by atoms with Gasteiger partial charge in [-0.05, 0) is 49.3 Å². The first kappa shape index (κ1) is 12.9. The minimum absolute atomic E-state index is 0.690. The smallest absolute Gasteiger partial charge is 0.129 e. The van der Waals surface area contributed by atoms with Crippen molar-refractivity contribution in [3.8, 4) is 0 Å². The van der Waals surface area contributed by atoms with Crippen molar-refractivity contribution >= 4 is 5.82 Å². The first-order valence-electron chi connectivity index (χ1n) is 7.67. The molecule has 0 saturated heterocycles. The molecule has 2 fully saturated rings. The van der Waals surface area contributed by atoms with E-state index in [9.17, 15) is 0 Å². The Morgan fingerprint density at radius 2 is 2.11 bits per heavy atom. The van der Waals surface area contributed by atoms with Gasteiger partial charge in [-0.1, -0.05) is 13.8 Å². The Kier molecular flexibility index (Phi) is 3.74. The molecule has 0 spiro atoms. The second-order valence-corrected chi connectivity index (χ2v) is 6.45. The molecule has 1 N–H and O–H groups in total. The third kappa shape index (κ3) is 3.69. The van der Waals surface area contributed by atoms with Crippen LogP contribution in [0.15, 0.2) is 18.3 Å². The topological polar surface area (TPSA) is 28.2 Å². The number of hydrogen-bond acceptors (Lipinski definition) is 3. The van der Waals surface area contributed by atoms with Crippen LogP contribution < -0.4 is 10.2 Å². The molecule has 1 heterocycles. The third-order valence-electron chi connectivity index (χ3n) is 3.83. The Labute approximate surface area is 116 Å². The summed E-state index contributed by atoms with van der Waals surface area (Å²) >= 11 is 0. The number of nitrogens with one attached hydrogen (secondary N) is 1. The fourth-order valence-corrected chi connectivity index (χ4v) is 2.49. The molecule has 0 aliphatic heterocycles. The summed E-state index contributed by atoms with van der Waals surface area (Å²) in [4.78, 5) is 7.10. The van der Waals surface area contributed by atoms with E-state index in [1.165, 1.54) is 37.1 Å². The maximum atomic E-state index is 4.59. The Morgan fingerprint density at radius 1 is 1.32 bits per heavy atom. The van der Waals surface area contributed by atoms with E-state index < -0.39 is 0 Å². The van der Waals surface area contributed by atoms with Crippen molar-refractivity contribution in [3.05, 3.63) is 23.9 Å². The van der Waals surface area contributed by atoms with Crippen molar-refractivity contribution in [2.45, 2.75) is 58.2 Å². The van der Waals surface area contributed by atoms with E-state index in [1.807, 2.05) is 6.20 Å². The van der Waals surface area contributed by atoms with E-state index in [2.05, 4.69) is 41.2 Å². The summed E-state index contributed by atoms with van der Waals surface area (Å²) in [5.74, 6) is 1.86. The minimum Gasteiger partial charge on any atom is -0.353 e. The Morgan fingerprint density at radius 3 is 2.74 bits per heavy atom. The largest absolute Gasteiger partial charge is 0.353 e. The van der Waals surface area contributed by atoms with Gasteiger partial charge in [0.05, 0.1) is 0 Å². The zero-order valence-corrected chi connectivity index (χ0v) is 12.1. The van der Waals surface area contributed by atoms with Crippen molar-refractivity contribution in [1.82, 2.24) is 10.3 Å². The van der Waals surface area contributed by atoms with Crippen molar-refractivity contribution in [2.75, 3.05) is 11.4 Å². The Balaban J connectivity index is 1.68. The SMILES string of the molecule is CC(C)CN(c1cc(CNC2CC2)ccn1)C1CC1. The molecule has 3 heteroatoms. The van der Waals surface area contributed by atoms with Gasteiger partial charge in [0.1, 0.15) is 5.82 Å². The summed E-state index contributed by atoms with van der Waals surface area (Å²) in [6.45, 7) is 6.68. The maximum absolute atomic E-state index is 4.59. The van der Waals surface area contributed by atoms with E-state index in [0.29, 0.717) is 5.92 Å². The van der Waals surface area contributed by atoms with Gasteiger partial charge in [-0.3, -0.25) is 0 Å². The number of nitrogens with zero attached hydrogens (tertiary/aromatic N) is 2. The lowest BCUT2D eigenvalue weighted by atomic mass is 10.2. The Bertz CT molecular complexity index is 422. The van der Waals surface area contributed by atoms with E-state index in [0.717, 1.165) is 25.2 Å². The van der Waals surface area contributed by atoms with Gasteiger partial charge in [-0.25, -0.2) is 4.98 Å². The average molecular weight is 259 g/mol. The Hall–Kier alpha value is -1.09. The highest BCUT2D eigenvalue weighted by atomic mass is 15.2. The van der Waals surface area contributed by atoms with E-state index in [1.54, 1.807) is 0 Å². The molecule has 0 atom stereocenters. The standard InChI is InChI=1S/C16H25N3/c1-12(2)11-19(15-5-6-15)16-9-13(7-8-17-16)10-18-14-3-4-14/h7-9,12,14-15,18H,3-6,10-11H2,1-2H3. The highest BCUT2D eigenvalue weighted by Gasteiger charge is 2.30. The van der Waals surface area contributed by atoms with Crippen molar-refractivity contribution in [2.24, 2.45) is 5.92 Å². The average Bonchev–Trinajstić information content (AvgIpc) is 3.27. The molecule has 1 aromatic heterocycles. The molecule has 0 aromatic carbocycles. The van der Waals surface area contributed by atoms with Crippen LogP contribution >= 0.6 is 0 Å². The van der Waals surface area contributed by atoms with Crippen LogP contribution in [0.1, 0.15) is 45.1 Å². The highest BCUT2D eigenvalue weighted by Crippen LogP contribution is 2.31. The third-order valence-corrected chi connectivity index (χ3v) is 3.83. The van der Waals surface area contributed by atoms with Crippen LogP contribution in [0.25, 0.3) is 0 Å². The summed E-state index contributed by atoms with van der Waals surface area (Å²) in [5.41, 5.74) is 1.37.